The number of hydrogen-bond donors (Lipinski definition) is 0. The summed E-state index contributed by atoms with van der Waals surface area (Å²) in [6, 6.07) is 1.16. The molecule has 0 saturated carbocycles. The fourth-order valence-electron chi connectivity index (χ4n) is 0.725. The second-order valence-electron chi connectivity index (χ2n) is 2.25. The lowest BCUT2D eigenvalue weighted by Gasteiger charge is -2.06. The lowest BCUT2D eigenvalue weighted by atomic mass is 10.3. The van der Waals surface area contributed by atoms with Gasteiger partial charge in [0.05, 0.1) is 5.02 Å². The van der Waals surface area contributed by atoms with Crippen LogP contribution in [0.15, 0.2) is 17.0 Å². The largest absolute Gasteiger partial charge is 0.446 e. The Balaban J connectivity index is 3.02. The molecule has 0 bridgehead atoms. The third kappa shape index (κ3) is 3.02. The van der Waals surface area contributed by atoms with E-state index in [1.54, 1.807) is 0 Å². The summed E-state index contributed by atoms with van der Waals surface area (Å²) >= 11 is 4.60. The van der Waals surface area contributed by atoms with Crippen molar-refractivity contribution in [2.24, 2.45) is 0 Å². The molecule has 0 unspecified atom stereocenters. The Kier molecular flexibility index (Phi) is 3.26. The van der Waals surface area contributed by atoms with Gasteiger partial charge in [0.25, 0.3) is 0 Å². The highest BCUT2D eigenvalue weighted by Crippen LogP contribution is 2.38. The zero-order valence-electron chi connectivity index (χ0n) is 6.33. The van der Waals surface area contributed by atoms with Crippen molar-refractivity contribution in [3.8, 4) is 0 Å². The quantitative estimate of drug-likeness (QED) is 0.407. The molecule has 0 N–H and O–H groups in total. The van der Waals surface area contributed by atoms with Crippen LogP contribution in [0.1, 0.15) is 0 Å². The van der Waals surface area contributed by atoms with Crippen LogP contribution in [0.4, 0.5) is 22.0 Å². The van der Waals surface area contributed by atoms with E-state index >= 15 is 0 Å². The first-order valence-electron chi connectivity index (χ1n) is 3.20. The molecule has 1 aromatic rings. The van der Waals surface area contributed by atoms with Crippen molar-refractivity contribution in [1.82, 2.24) is 0 Å². The first-order chi connectivity index (χ1) is 6.29. The molecule has 78 valence electrons. The Morgan fingerprint density at radius 3 is 2.14 bits per heavy atom. The van der Waals surface area contributed by atoms with Crippen LogP contribution in [0.25, 0.3) is 0 Å². The van der Waals surface area contributed by atoms with E-state index < -0.39 is 38.8 Å². The average molecular weight is 249 g/mol. The molecule has 0 nitrogen and oxygen atoms in total. The second-order valence-corrected chi connectivity index (χ2v) is 3.79. The van der Waals surface area contributed by atoms with Gasteiger partial charge in [-0.15, -0.1) is 0 Å². The van der Waals surface area contributed by atoms with E-state index in [0.717, 1.165) is 6.07 Å². The van der Waals surface area contributed by atoms with E-state index in [4.69, 9.17) is 11.6 Å². The van der Waals surface area contributed by atoms with Crippen molar-refractivity contribution in [2.45, 2.75) is 10.4 Å². The van der Waals surface area contributed by atoms with Crippen LogP contribution in [0.5, 0.6) is 0 Å². The van der Waals surface area contributed by atoms with E-state index in [0.29, 0.717) is 6.07 Å². The molecule has 0 aromatic heterocycles. The minimum absolute atomic E-state index is 0.444. The predicted octanol–water partition coefficient (Wildman–Crippen LogP) is 4.23. The van der Waals surface area contributed by atoms with Gasteiger partial charge in [-0.2, -0.15) is 13.2 Å². The number of halogens is 6. The predicted molar refractivity (Wildman–Crippen MR) is 43.3 cm³/mol. The summed E-state index contributed by atoms with van der Waals surface area (Å²) in [5, 5.41) is -0.670. The van der Waals surface area contributed by atoms with Crippen LogP contribution in [-0.4, -0.2) is 5.51 Å². The van der Waals surface area contributed by atoms with Gasteiger partial charge in [-0.05, 0) is 23.9 Å². The van der Waals surface area contributed by atoms with E-state index in [-0.39, 0.29) is 0 Å². The Morgan fingerprint density at radius 2 is 1.71 bits per heavy atom. The minimum atomic E-state index is -4.55. The van der Waals surface area contributed by atoms with Gasteiger partial charge in [0.1, 0.15) is 0 Å². The molecule has 7 heteroatoms. The molecule has 0 heterocycles. The molecule has 1 aromatic carbocycles. The van der Waals surface area contributed by atoms with Crippen molar-refractivity contribution in [2.75, 3.05) is 0 Å². The van der Waals surface area contributed by atoms with Crippen LogP contribution in [-0.2, 0) is 0 Å². The average Bonchev–Trinajstić information content (AvgIpc) is 1.96. The molecule has 0 spiro atoms. The molecule has 0 aliphatic rings. The highest BCUT2D eigenvalue weighted by atomic mass is 35.5. The maximum absolute atomic E-state index is 12.6. The molecule has 1 rings (SSSR count). The molecule has 0 radical (unpaired) electrons. The maximum Gasteiger partial charge on any atom is 0.446 e. The molecular formula is C7H2ClF5S. The highest BCUT2D eigenvalue weighted by Gasteiger charge is 2.30. The summed E-state index contributed by atoms with van der Waals surface area (Å²) in [5.74, 6) is -2.75. The highest BCUT2D eigenvalue weighted by molar-refractivity contribution is 8.00. The van der Waals surface area contributed by atoms with E-state index in [9.17, 15) is 22.0 Å². The van der Waals surface area contributed by atoms with Crippen molar-refractivity contribution >= 4 is 23.4 Å². The van der Waals surface area contributed by atoms with Gasteiger partial charge in [-0.1, -0.05) is 11.6 Å². The number of thioether (sulfide) groups is 1. The molecule has 0 aliphatic heterocycles. The third-order valence-corrected chi connectivity index (χ3v) is 2.17. The van der Waals surface area contributed by atoms with Crippen LogP contribution < -0.4 is 0 Å². The summed E-state index contributed by atoms with van der Waals surface area (Å²) in [4.78, 5) is -0.485. The first-order valence-corrected chi connectivity index (χ1v) is 4.39. The van der Waals surface area contributed by atoms with Crippen molar-refractivity contribution in [1.29, 1.82) is 0 Å². The normalized spacial score (nSPS) is 11.9. The maximum atomic E-state index is 12.6. The molecule has 0 fully saturated rings. The summed E-state index contributed by atoms with van der Waals surface area (Å²) in [6.07, 6.45) is 0. The van der Waals surface area contributed by atoms with Gasteiger partial charge < -0.3 is 0 Å². The zero-order valence-corrected chi connectivity index (χ0v) is 7.90. The van der Waals surface area contributed by atoms with Gasteiger partial charge in [0.2, 0.25) is 0 Å². The number of alkyl halides is 3. The topological polar surface area (TPSA) is 0 Å². The second kappa shape index (κ2) is 3.94. The van der Waals surface area contributed by atoms with Gasteiger partial charge in [0.15, 0.2) is 11.6 Å². The van der Waals surface area contributed by atoms with Gasteiger partial charge in [-0.25, -0.2) is 8.78 Å². The first kappa shape index (κ1) is 11.6. The summed E-state index contributed by atoms with van der Waals surface area (Å²) < 4.78 is 60.5. The molecule has 0 atom stereocenters. The van der Waals surface area contributed by atoms with Crippen molar-refractivity contribution < 1.29 is 22.0 Å². The van der Waals surface area contributed by atoms with Crippen LogP contribution in [0, 0.1) is 11.6 Å². The fourth-order valence-corrected chi connectivity index (χ4v) is 1.60. The van der Waals surface area contributed by atoms with Gasteiger partial charge in [-0.3, -0.25) is 0 Å². The molecule has 0 amide bonds. The van der Waals surface area contributed by atoms with E-state index in [1.807, 2.05) is 0 Å². The van der Waals surface area contributed by atoms with Crippen molar-refractivity contribution in [3.05, 3.63) is 28.8 Å². The monoisotopic (exact) mass is 248 g/mol. The standard InChI is InChI=1S/C7H2ClF5S/c8-4-1-3(14-7(11,12)13)2-5(9)6(4)10/h1-2H. The van der Waals surface area contributed by atoms with Crippen LogP contribution in [0.2, 0.25) is 5.02 Å². The number of benzene rings is 1. The zero-order chi connectivity index (χ0) is 10.9. The van der Waals surface area contributed by atoms with Gasteiger partial charge >= 0.3 is 5.51 Å². The molecule has 0 saturated heterocycles. The third-order valence-electron chi connectivity index (χ3n) is 1.19. The summed E-state index contributed by atoms with van der Waals surface area (Å²) in [6.45, 7) is 0. The number of hydrogen-bond acceptors (Lipinski definition) is 1. The lowest BCUT2D eigenvalue weighted by molar-refractivity contribution is -0.0328. The van der Waals surface area contributed by atoms with E-state index in [1.165, 1.54) is 0 Å². The summed E-state index contributed by atoms with van der Waals surface area (Å²) in [5.41, 5.74) is -4.55. The minimum Gasteiger partial charge on any atom is -0.204 e. The fraction of sp³-hybridized carbons (Fsp3) is 0.143. The smallest absolute Gasteiger partial charge is 0.204 e. The molecule has 0 aliphatic carbocycles. The molecular weight excluding hydrogens is 247 g/mol. The SMILES string of the molecule is Fc1cc(SC(F)(F)F)cc(Cl)c1F. The summed E-state index contributed by atoms with van der Waals surface area (Å²) in [7, 11) is 0. The lowest BCUT2D eigenvalue weighted by Crippen LogP contribution is -1.99. The van der Waals surface area contributed by atoms with Crippen molar-refractivity contribution in [3.63, 3.8) is 0 Å². The Hall–Kier alpha value is -0.490. The van der Waals surface area contributed by atoms with Crippen LogP contribution >= 0.6 is 23.4 Å². The Bertz CT molecular complexity index is 325. The Labute approximate surface area is 85.1 Å². The van der Waals surface area contributed by atoms with Gasteiger partial charge in [0, 0.05) is 4.90 Å². The number of rotatable bonds is 1. The molecule has 14 heavy (non-hydrogen) atoms. The van der Waals surface area contributed by atoms with Crippen LogP contribution in [0.3, 0.4) is 0 Å². The van der Waals surface area contributed by atoms with E-state index in [2.05, 4.69) is 0 Å². The Morgan fingerprint density at radius 1 is 1.14 bits per heavy atom.